The number of benzene rings is 1. The predicted octanol–water partition coefficient (Wildman–Crippen LogP) is 3.38. The molecule has 1 saturated heterocycles. The topological polar surface area (TPSA) is 68.5 Å². The number of nitrogens with zero attached hydrogens (tertiary/aromatic N) is 3. The molecule has 0 radical (unpaired) electrons. The summed E-state index contributed by atoms with van der Waals surface area (Å²) < 4.78 is 10.7. The second-order valence-electron chi connectivity index (χ2n) is 7.72. The monoisotopic (exact) mass is 343 g/mol. The van der Waals surface area contributed by atoms with Crippen LogP contribution in [-0.2, 0) is 17.6 Å². The van der Waals surface area contributed by atoms with E-state index in [1.165, 1.54) is 5.56 Å². The number of amides is 1. The Morgan fingerprint density at radius 1 is 1.28 bits per heavy atom. The van der Waals surface area contributed by atoms with Gasteiger partial charge >= 0.3 is 6.09 Å². The van der Waals surface area contributed by atoms with Gasteiger partial charge in [0.25, 0.3) is 0 Å². The van der Waals surface area contributed by atoms with Gasteiger partial charge in [-0.2, -0.15) is 4.98 Å². The van der Waals surface area contributed by atoms with Gasteiger partial charge in [0.2, 0.25) is 5.89 Å². The van der Waals surface area contributed by atoms with Gasteiger partial charge < -0.3 is 14.2 Å². The second-order valence-corrected chi connectivity index (χ2v) is 7.72. The normalized spacial score (nSPS) is 15.1. The smallest absolute Gasteiger partial charge is 0.410 e. The molecule has 6 heteroatoms. The van der Waals surface area contributed by atoms with Crippen LogP contribution in [0.4, 0.5) is 4.79 Å². The first-order valence-corrected chi connectivity index (χ1v) is 8.63. The van der Waals surface area contributed by atoms with Crippen molar-refractivity contribution in [3.05, 3.63) is 47.1 Å². The molecule has 2 heterocycles. The van der Waals surface area contributed by atoms with Crippen LogP contribution in [0.15, 0.2) is 28.8 Å². The number of rotatable bonds is 4. The number of carbonyl (C=O) groups excluding carboxylic acids is 1. The maximum atomic E-state index is 11.9. The molecule has 0 N–H and O–H groups in total. The van der Waals surface area contributed by atoms with E-state index in [4.69, 9.17) is 9.26 Å². The lowest BCUT2D eigenvalue weighted by Crippen LogP contribution is -2.52. The van der Waals surface area contributed by atoms with Gasteiger partial charge in [0.1, 0.15) is 5.60 Å². The molecule has 0 saturated carbocycles. The zero-order chi connectivity index (χ0) is 18.0. The summed E-state index contributed by atoms with van der Waals surface area (Å²) in [6, 6.07) is 8.32. The first-order chi connectivity index (χ1) is 11.8. The number of hydrogen-bond acceptors (Lipinski definition) is 5. The van der Waals surface area contributed by atoms with Crippen molar-refractivity contribution in [3.8, 4) is 0 Å². The highest BCUT2D eigenvalue weighted by atomic mass is 16.6. The highest BCUT2D eigenvalue weighted by molar-refractivity contribution is 5.69. The third kappa shape index (κ3) is 4.81. The average Bonchev–Trinajstić information content (AvgIpc) is 2.90. The molecular weight excluding hydrogens is 318 g/mol. The lowest BCUT2D eigenvalue weighted by Gasteiger charge is -2.39. The Morgan fingerprint density at radius 3 is 2.60 bits per heavy atom. The second kappa shape index (κ2) is 6.86. The number of likely N-dealkylation sites (tertiary alicyclic amines) is 1. The zero-order valence-corrected chi connectivity index (χ0v) is 15.3. The largest absolute Gasteiger partial charge is 0.444 e. The van der Waals surface area contributed by atoms with E-state index in [-0.39, 0.29) is 6.09 Å². The number of aromatic nitrogens is 2. The van der Waals surface area contributed by atoms with Gasteiger partial charge in [-0.15, -0.1) is 0 Å². The molecule has 134 valence electrons. The first-order valence-electron chi connectivity index (χ1n) is 8.63. The summed E-state index contributed by atoms with van der Waals surface area (Å²) in [4.78, 5) is 18.1. The van der Waals surface area contributed by atoms with Crippen molar-refractivity contribution < 1.29 is 14.1 Å². The Bertz CT molecular complexity index is 725. The van der Waals surface area contributed by atoms with Crippen molar-refractivity contribution in [2.24, 2.45) is 5.92 Å². The van der Waals surface area contributed by atoms with Crippen LogP contribution >= 0.6 is 0 Å². The molecule has 0 bridgehead atoms. The summed E-state index contributed by atoms with van der Waals surface area (Å²) in [6.07, 6.45) is 1.10. The van der Waals surface area contributed by atoms with E-state index in [0.29, 0.717) is 43.6 Å². The van der Waals surface area contributed by atoms with E-state index < -0.39 is 5.60 Å². The maximum absolute atomic E-state index is 11.9. The summed E-state index contributed by atoms with van der Waals surface area (Å²) in [6.45, 7) is 9.02. The number of carbonyl (C=O) groups is 1. The summed E-state index contributed by atoms with van der Waals surface area (Å²) >= 11 is 0. The molecular formula is C19H25N3O3. The highest BCUT2D eigenvalue weighted by Crippen LogP contribution is 2.22. The minimum absolute atomic E-state index is 0.255. The molecule has 0 spiro atoms. The third-order valence-corrected chi connectivity index (χ3v) is 4.07. The molecule has 0 aliphatic carbocycles. The van der Waals surface area contributed by atoms with Crippen molar-refractivity contribution >= 4 is 6.09 Å². The van der Waals surface area contributed by atoms with Crippen LogP contribution < -0.4 is 0 Å². The first kappa shape index (κ1) is 17.5. The minimum Gasteiger partial charge on any atom is -0.444 e. The summed E-state index contributed by atoms with van der Waals surface area (Å²) in [5.41, 5.74) is 1.94. The van der Waals surface area contributed by atoms with E-state index >= 15 is 0 Å². The van der Waals surface area contributed by atoms with E-state index in [9.17, 15) is 4.79 Å². The third-order valence-electron chi connectivity index (χ3n) is 4.07. The van der Waals surface area contributed by atoms with E-state index in [2.05, 4.69) is 41.3 Å². The lowest BCUT2D eigenvalue weighted by atomic mass is 9.97. The molecule has 1 aliphatic rings. The number of ether oxygens (including phenoxy) is 1. The molecule has 1 amide bonds. The van der Waals surface area contributed by atoms with Gasteiger partial charge in [0.15, 0.2) is 5.82 Å². The van der Waals surface area contributed by atoms with Gasteiger partial charge in [-0.25, -0.2) is 4.79 Å². The van der Waals surface area contributed by atoms with Crippen molar-refractivity contribution in [2.75, 3.05) is 13.1 Å². The highest BCUT2D eigenvalue weighted by Gasteiger charge is 2.34. The lowest BCUT2D eigenvalue weighted by molar-refractivity contribution is -0.00187. The van der Waals surface area contributed by atoms with Crippen molar-refractivity contribution in [1.29, 1.82) is 0 Å². The van der Waals surface area contributed by atoms with Crippen LogP contribution in [0.25, 0.3) is 0 Å². The maximum Gasteiger partial charge on any atom is 0.410 e. The molecule has 0 unspecified atom stereocenters. The molecule has 6 nitrogen and oxygen atoms in total. The molecule has 1 aromatic carbocycles. The summed E-state index contributed by atoms with van der Waals surface area (Å²) in [7, 11) is 0. The van der Waals surface area contributed by atoms with Gasteiger partial charge in [-0.3, -0.25) is 0 Å². The molecule has 0 atom stereocenters. The fourth-order valence-corrected chi connectivity index (χ4v) is 2.75. The Balaban J connectivity index is 1.47. The molecule has 2 aromatic rings. The van der Waals surface area contributed by atoms with Gasteiger partial charge in [0, 0.05) is 31.8 Å². The fourth-order valence-electron chi connectivity index (χ4n) is 2.75. The van der Waals surface area contributed by atoms with E-state index in [1.807, 2.05) is 20.8 Å². The van der Waals surface area contributed by atoms with Crippen LogP contribution in [0.5, 0.6) is 0 Å². The van der Waals surface area contributed by atoms with Crippen LogP contribution in [-0.4, -0.2) is 39.8 Å². The summed E-state index contributed by atoms with van der Waals surface area (Å²) in [5, 5.41) is 4.06. The average molecular weight is 343 g/mol. The molecule has 1 aromatic heterocycles. The van der Waals surface area contributed by atoms with Gasteiger partial charge in [0.05, 0.1) is 0 Å². The number of aryl methyl sites for hydroxylation is 1. The van der Waals surface area contributed by atoms with Crippen LogP contribution in [0.2, 0.25) is 0 Å². The Hall–Kier alpha value is -2.37. The minimum atomic E-state index is -0.459. The molecule has 1 aliphatic heterocycles. The molecule has 25 heavy (non-hydrogen) atoms. The molecule has 1 fully saturated rings. The fraction of sp³-hybridized carbons (Fsp3) is 0.526. The van der Waals surface area contributed by atoms with Crippen LogP contribution in [0.1, 0.15) is 43.6 Å². The van der Waals surface area contributed by atoms with Gasteiger partial charge in [-0.05, 0) is 33.3 Å². The predicted molar refractivity (Wildman–Crippen MR) is 93.3 cm³/mol. The van der Waals surface area contributed by atoms with Gasteiger partial charge in [-0.1, -0.05) is 35.0 Å². The van der Waals surface area contributed by atoms with E-state index in [1.54, 1.807) is 4.90 Å². The van der Waals surface area contributed by atoms with Crippen LogP contribution in [0.3, 0.4) is 0 Å². The SMILES string of the molecule is Cc1ccc(Cc2noc(CC3CN(C(=O)OC(C)(C)C)C3)n2)cc1. The summed E-state index contributed by atoms with van der Waals surface area (Å²) in [5.74, 6) is 1.68. The standard InChI is InChI=1S/C19H25N3O3/c1-13-5-7-14(8-6-13)9-16-20-17(25-21-16)10-15-11-22(12-15)18(23)24-19(2,3)4/h5-8,15H,9-12H2,1-4H3. The van der Waals surface area contributed by atoms with Crippen molar-refractivity contribution in [3.63, 3.8) is 0 Å². The van der Waals surface area contributed by atoms with Crippen molar-refractivity contribution in [2.45, 2.75) is 46.1 Å². The Morgan fingerprint density at radius 2 is 1.96 bits per heavy atom. The molecule has 3 rings (SSSR count). The van der Waals surface area contributed by atoms with Crippen molar-refractivity contribution in [1.82, 2.24) is 15.0 Å². The zero-order valence-electron chi connectivity index (χ0n) is 15.3. The number of hydrogen-bond donors (Lipinski definition) is 0. The van der Waals surface area contributed by atoms with Crippen LogP contribution in [0, 0.1) is 12.8 Å². The van der Waals surface area contributed by atoms with E-state index in [0.717, 1.165) is 5.56 Å². The Labute approximate surface area is 148 Å². The quantitative estimate of drug-likeness (QED) is 0.851. The Kier molecular flexibility index (Phi) is 4.79.